The molecule has 3 N–H and O–H groups in total. The van der Waals surface area contributed by atoms with E-state index in [0.717, 1.165) is 17.0 Å². The molecule has 2 aromatic heterocycles. The molecule has 0 saturated heterocycles. The van der Waals surface area contributed by atoms with E-state index in [1.165, 1.54) is 6.20 Å². The number of pyridine rings is 1. The number of ketones is 1. The number of Topliss-reactive ketones (excluding diaryl/α,β-unsaturated/α-hetero) is 1. The maximum absolute atomic E-state index is 12.5. The van der Waals surface area contributed by atoms with Gasteiger partial charge in [0.15, 0.2) is 10.8 Å². The molecule has 0 fully saturated rings. The van der Waals surface area contributed by atoms with Crippen molar-refractivity contribution in [1.82, 2.24) is 9.97 Å². The number of rotatable bonds is 3. The number of carbonyl (C=O) groups is 2. The van der Waals surface area contributed by atoms with Crippen molar-refractivity contribution in [3.8, 4) is 0 Å². The van der Waals surface area contributed by atoms with Crippen LogP contribution in [0.5, 0.6) is 0 Å². The van der Waals surface area contributed by atoms with Crippen molar-refractivity contribution in [2.24, 2.45) is 5.73 Å². The van der Waals surface area contributed by atoms with Gasteiger partial charge in [0.25, 0.3) is 5.91 Å². The number of hydrogen-bond donors (Lipinski definition) is 2. The molecule has 0 unspecified atom stereocenters. The van der Waals surface area contributed by atoms with Crippen molar-refractivity contribution >= 4 is 28.8 Å². The first-order chi connectivity index (χ1) is 10.5. The maximum atomic E-state index is 12.5. The van der Waals surface area contributed by atoms with E-state index in [4.69, 9.17) is 5.73 Å². The Hall–Kier alpha value is -2.54. The van der Waals surface area contributed by atoms with Crippen LogP contribution in [0, 0.1) is 6.92 Å². The van der Waals surface area contributed by atoms with E-state index >= 15 is 0 Å². The molecular formula is C15H13N3O3S. The summed E-state index contributed by atoms with van der Waals surface area (Å²) in [5.74, 6) is -1.01. The molecule has 3 rings (SSSR count). The molecule has 0 aromatic carbocycles. The first kappa shape index (κ1) is 14.4. The number of amides is 1. The van der Waals surface area contributed by atoms with Crippen LogP contribution in [0.15, 0.2) is 23.9 Å². The Morgan fingerprint density at radius 3 is 2.73 bits per heavy atom. The topological polar surface area (TPSA) is 106 Å². The van der Waals surface area contributed by atoms with Gasteiger partial charge in [-0.25, -0.2) is 4.98 Å². The van der Waals surface area contributed by atoms with Gasteiger partial charge in [0.05, 0.1) is 10.6 Å². The Labute approximate surface area is 130 Å². The summed E-state index contributed by atoms with van der Waals surface area (Å²) >= 11 is 1.01. The van der Waals surface area contributed by atoms with Crippen molar-refractivity contribution in [2.45, 2.75) is 19.8 Å². The standard InChI is InChI=1S/C15H13N3O3S/c1-7-2-3-8(6-17-7)11(19)9-4-5-10-13(12(9)20)22-15(18-10)14(16)21/h2-3,6,20H,4-5H2,1H3,(H2,16,21). The van der Waals surface area contributed by atoms with Gasteiger partial charge in [0, 0.05) is 23.0 Å². The van der Waals surface area contributed by atoms with Crippen LogP contribution < -0.4 is 5.73 Å². The van der Waals surface area contributed by atoms with Gasteiger partial charge in [-0.05, 0) is 31.9 Å². The Kier molecular flexibility index (Phi) is 3.50. The Bertz CT molecular complexity index is 806. The first-order valence-corrected chi connectivity index (χ1v) is 7.48. The van der Waals surface area contributed by atoms with Gasteiger partial charge in [-0.3, -0.25) is 14.6 Å². The summed E-state index contributed by atoms with van der Waals surface area (Å²) in [6.07, 6.45) is 2.35. The van der Waals surface area contributed by atoms with Gasteiger partial charge in [0.2, 0.25) is 0 Å². The molecule has 0 saturated carbocycles. The SMILES string of the molecule is Cc1ccc(C(=O)C2=C(O)c3sc(C(N)=O)nc3CC2)cn1. The maximum Gasteiger partial charge on any atom is 0.277 e. The number of thiazole rings is 1. The minimum atomic E-state index is -0.636. The highest BCUT2D eigenvalue weighted by Crippen LogP contribution is 2.35. The molecule has 0 radical (unpaired) electrons. The molecule has 1 aliphatic carbocycles. The lowest BCUT2D eigenvalue weighted by atomic mass is 9.93. The van der Waals surface area contributed by atoms with Crippen molar-refractivity contribution in [1.29, 1.82) is 0 Å². The molecule has 0 bridgehead atoms. The number of aliphatic hydroxyl groups is 1. The molecule has 0 spiro atoms. The van der Waals surface area contributed by atoms with E-state index in [0.29, 0.717) is 34.5 Å². The fourth-order valence-corrected chi connectivity index (χ4v) is 3.24. The number of aromatic nitrogens is 2. The predicted molar refractivity (Wildman–Crippen MR) is 81.8 cm³/mol. The quantitative estimate of drug-likeness (QED) is 0.843. The third kappa shape index (κ3) is 2.39. The highest BCUT2D eigenvalue weighted by Gasteiger charge is 2.28. The van der Waals surface area contributed by atoms with Crippen LogP contribution >= 0.6 is 11.3 Å². The van der Waals surface area contributed by atoms with Crippen molar-refractivity contribution in [3.05, 3.63) is 50.7 Å². The van der Waals surface area contributed by atoms with Crippen LogP contribution in [0.4, 0.5) is 0 Å². The van der Waals surface area contributed by atoms with Gasteiger partial charge >= 0.3 is 0 Å². The summed E-state index contributed by atoms with van der Waals surface area (Å²) in [5.41, 5.74) is 7.37. The zero-order chi connectivity index (χ0) is 15.9. The molecule has 1 amide bonds. The predicted octanol–water partition coefficient (Wildman–Crippen LogP) is 2.04. The van der Waals surface area contributed by atoms with Crippen LogP contribution in [0.25, 0.3) is 5.76 Å². The zero-order valence-corrected chi connectivity index (χ0v) is 12.6. The molecule has 112 valence electrons. The van der Waals surface area contributed by atoms with Crippen LogP contribution in [0.1, 0.15) is 42.8 Å². The number of allylic oxidation sites excluding steroid dienone is 1. The first-order valence-electron chi connectivity index (χ1n) is 6.66. The Morgan fingerprint density at radius 1 is 1.32 bits per heavy atom. The normalized spacial score (nSPS) is 13.9. The third-order valence-electron chi connectivity index (χ3n) is 3.47. The second-order valence-electron chi connectivity index (χ2n) is 5.00. The van der Waals surface area contributed by atoms with Crippen LogP contribution in [0.3, 0.4) is 0 Å². The number of hydrogen-bond acceptors (Lipinski definition) is 6. The lowest BCUT2D eigenvalue weighted by Gasteiger charge is -2.14. The minimum Gasteiger partial charge on any atom is -0.506 e. The highest BCUT2D eigenvalue weighted by atomic mass is 32.1. The zero-order valence-electron chi connectivity index (χ0n) is 11.8. The summed E-state index contributed by atoms with van der Waals surface area (Å²) in [6.45, 7) is 1.83. The summed E-state index contributed by atoms with van der Waals surface area (Å²) in [7, 11) is 0. The number of nitrogens with two attached hydrogens (primary N) is 1. The Morgan fingerprint density at radius 2 is 2.09 bits per heavy atom. The monoisotopic (exact) mass is 315 g/mol. The van der Waals surface area contributed by atoms with Crippen molar-refractivity contribution in [3.63, 3.8) is 0 Å². The smallest absolute Gasteiger partial charge is 0.277 e. The number of nitrogens with zero attached hydrogens (tertiary/aromatic N) is 2. The fourth-order valence-electron chi connectivity index (χ4n) is 2.31. The van der Waals surface area contributed by atoms with Gasteiger partial charge in [-0.2, -0.15) is 0 Å². The third-order valence-corrected chi connectivity index (χ3v) is 4.59. The number of carbonyl (C=O) groups excluding carboxylic acids is 2. The largest absolute Gasteiger partial charge is 0.506 e. The molecule has 0 aliphatic heterocycles. The summed E-state index contributed by atoms with van der Waals surface area (Å²) in [6, 6.07) is 3.43. The molecule has 6 nitrogen and oxygen atoms in total. The minimum absolute atomic E-state index is 0.114. The van der Waals surface area contributed by atoms with Crippen molar-refractivity contribution < 1.29 is 14.7 Å². The average Bonchev–Trinajstić information content (AvgIpc) is 2.93. The van der Waals surface area contributed by atoms with E-state index in [1.807, 2.05) is 6.92 Å². The lowest BCUT2D eigenvalue weighted by Crippen LogP contribution is -2.13. The Balaban J connectivity index is 2.01. The summed E-state index contributed by atoms with van der Waals surface area (Å²) < 4.78 is 0. The summed E-state index contributed by atoms with van der Waals surface area (Å²) in [5, 5.41) is 10.5. The lowest BCUT2D eigenvalue weighted by molar-refractivity contribution is 0.0996. The summed E-state index contributed by atoms with van der Waals surface area (Å²) in [4.78, 5) is 32.3. The molecule has 22 heavy (non-hydrogen) atoms. The van der Waals surface area contributed by atoms with E-state index in [1.54, 1.807) is 12.1 Å². The van der Waals surface area contributed by atoms with Crippen LogP contribution in [-0.2, 0) is 6.42 Å². The van der Waals surface area contributed by atoms with Crippen LogP contribution in [-0.4, -0.2) is 26.8 Å². The average molecular weight is 315 g/mol. The molecule has 0 atom stereocenters. The van der Waals surface area contributed by atoms with Crippen LogP contribution in [0.2, 0.25) is 0 Å². The van der Waals surface area contributed by atoms with Crippen molar-refractivity contribution in [2.75, 3.05) is 0 Å². The van der Waals surface area contributed by atoms with Gasteiger partial charge in [0.1, 0.15) is 5.76 Å². The van der Waals surface area contributed by atoms with E-state index < -0.39 is 5.91 Å². The van der Waals surface area contributed by atoms with E-state index in [9.17, 15) is 14.7 Å². The second kappa shape index (κ2) is 5.34. The second-order valence-corrected chi connectivity index (χ2v) is 6.00. The molecular weight excluding hydrogens is 302 g/mol. The van der Waals surface area contributed by atoms with Gasteiger partial charge in [-0.1, -0.05) is 0 Å². The van der Waals surface area contributed by atoms with Gasteiger partial charge < -0.3 is 10.8 Å². The molecule has 2 heterocycles. The number of aryl methyl sites for hydroxylation is 2. The number of primary amides is 1. The number of fused-ring (bicyclic) bond motifs is 1. The highest BCUT2D eigenvalue weighted by molar-refractivity contribution is 7.14. The van der Waals surface area contributed by atoms with Gasteiger partial charge in [-0.15, -0.1) is 11.3 Å². The molecule has 7 heteroatoms. The molecule has 1 aliphatic rings. The van der Waals surface area contributed by atoms with E-state index in [2.05, 4.69) is 9.97 Å². The van der Waals surface area contributed by atoms with E-state index in [-0.39, 0.29) is 16.6 Å². The number of aliphatic hydroxyl groups excluding tert-OH is 1. The fraction of sp³-hybridized carbons (Fsp3) is 0.200. The molecule has 2 aromatic rings.